The molecule has 2 amide bonds. The number of carbonyl (C=O) groups is 2. The summed E-state index contributed by atoms with van der Waals surface area (Å²) in [6, 6.07) is 7.41. The van der Waals surface area contributed by atoms with Gasteiger partial charge in [-0.15, -0.1) is 0 Å². The number of furan rings is 1. The predicted molar refractivity (Wildman–Crippen MR) is 143 cm³/mol. The topological polar surface area (TPSA) is 108 Å². The summed E-state index contributed by atoms with van der Waals surface area (Å²) in [5.74, 6) is 0.575. The number of allylic oxidation sites excluding steroid dienone is 2. The Morgan fingerprint density at radius 2 is 2.11 bits per heavy atom. The Morgan fingerprint density at radius 3 is 2.78 bits per heavy atom. The molecule has 0 spiro atoms. The van der Waals surface area contributed by atoms with E-state index in [1.54, 1.807) is 24.7 Å². The maximum absolute atomic E-state index is 12.9. The highest BCUT2D eigenvalue weighted by atomic mass is 16.3. The normalized spacial score (nSPS) is 15.5. The first-order valence-corrected chi connectivity index (χ1v) is 12.3. The second kappa shape index (κ2) is 11.6. The van der Waals surface area contributed by atoms with E-state index >= 15 is 0 Å². The van der Waals surface area contributed by atoms with E-state index in [4.69, 9.17) is 4.42 Å². The summed E-state index contributed by atoms with van der Waals surface area (Å²) in [5.41, 5.74) is 4.40. The molecule has 0 bridgehead atoms. The Bertz CT molecular complexity index is 1200. The Morgan fingerprint density at radius 1 is 1.28 bits per heavy atom. The van der Waals surface area contributed by atoms with Crippen molar-refractivity contribution in [2.75, 3.05) is 25.0 Å². The molecule has 188 valence electrons. The standard InChI is InChI=1S/C28H33N5O3/c1-18(2)32-27(35)23-7-4-8-24(25(23)22-11-15-36-17-22)29-12-5-6-21(16-19(3)20-9-10-20)26(34)33-28-30-13-14-31-28/h4-8,11,15-18,20,29H,3,9-10,12-14H2,1-2H3,(H,32,35)(H2,30,31,33,34)/b6-5-,21-16+. The van der Waals surface area contributed by atoms with Crippen molar-refractivity contribution in [3.05, 3.63) is 78.3 Å². The molecule has 0 radical (unpaired) electrons. The summed E-state index contributed by atoms with van der Waals surface area (Å²) < 4.78 is 5.29. The van der Waals surface area contributed by atoms with Crippen LogP contribution in [0.3, 0.4) is 0 Å². The minimum absolute atomic E-state index is 0.0152. The maximum atomic E-state index is 12.9. The van der Waals surface area contributed by atoms with Crippen molar-refractivity contribution in [1.29, 1.82) is 0 Å². The molecule has 8 nitrogen and oxygen atoms in total. The Hall–Kier alpha value is -4.07. The van der Waals surface area contributed by atoms with Crippen LogP contribution in [0.25, 0.3) is 11.1 Å². The number of amides is 2. The molecule has 1 aromatic carbocycles. The van der Waals surface area contributed by atoms with E-state index in [1.807, 2.05) is 44.2 Å². The molecule has 0 unspecified atom stereocenters. The van der Waals surface area contributed by atoms with Gasteiger partial charge in [-0.1, -0.05) is 30.4 Å². The van der Waals surface area contributed by atoms with Gasteiger partial charge in [-0.25, -0.2) is 0 Å². The first-order valence-electron chi connectivity index (χ1n) is 12.3. The van der Waals surface area contributed by atoms with Crippen LogP contribution in [0.15, 0.2) is 82.2 Å². The van der Waals surface area contributed by atoms with Crippen LogP contribution in [0.5, 0.6) is 0 Å². The van der Waals surface area contributed by atoms with E-state index < -0.39 is 0 Å². The number of anilines is 1. The van der Waals surface area contributed by atoms with E-state index in [0.717, 1.165) is 41.8 Å². The molecular weight excluding hydrogens is 454 g/mol. The fourth-order valence-electron chi connectivity index (χ4n) is 3.92. The quantitative estimate of drug-likeness (QED) is 0.299. The third-order valence-electron chi connectivity index (χ3n) is 5.86. The van der Waals surface area contributed by atoms with Gasteiger partial charge < -0.3 is 20.4 Å². The van der Waals surface area contributed by atoms with Crippen LogP contribution in [0.4, 0.5) is 5.69 Å². The average Bonchev–Trinajstić information content (AvgIpc) is 3.32. The number of guanidine groups is 1. The van der Waals surface area contributed by atoms with Crippen molar-refractivity contribution in [2.24, 2.45) is 10.9 Å². The monoisotopic (exact) mass is 487 g/mol. The lowest BCUT2D eigenvalue weighted by Crippen LogP contribution is -2.38. The van der Waals surface area contributed by atoms with Crippen molar-refractivity contribution in [3.8, 4) is 11.1 Å². The van der Waals surface area contributed by atoms with E-state index in [-0.39, 0.29) is 17.9 Å². The first kappa shape index (κ1) is 25.0. The van der Waals surface area contributed by atoms with E-state index in [1.165, 1.54) is 0 Å². The summed E-state index contributed by atoms with van der Waals surface area (Å²) in [6.07, 6.45) is 11.0. The highest BCUT2D eigenvalue weighted by Gasteiger charge is 2.24. The SMILES string of the molecule is C=C(/C=C(\C=C/CNc1cccc(C(=O)NC(C)C)c1-c1ccoc1)C(=O)NC1=NCCN1)C1CC1. The van der Waals surface area contributed by atoms with Crippen LogP contribution in [-0.2, 0) is 4.79 Å². The van der Waals surface area contributed by atoms with Crippen LogP contribution >= 0.6 is 0 Å². The van der Waals surface area contributed by atoms with Crippen molar-refractivity contribution in [3.63, 3.8) is 0 Å². The van der Waals surface area contributed by atoms with Crippen molar-refractivity contribution in [1.82, 2.24) is 16.0 Å². The molecule has 36 heavy (non-hydrogen) atoms. The van der Waals surface area contributed by atoms with Crippen LogP contribution in [0.2, 0.25) is 0 Å². The van der Waals surface area contributed by atoms with Gasteiger partial charge in [0.2, 0.25) is 0 Å². The van der Waals surface area contributed by atoms with Gasteiger partial charge in [-0.05, 0) is 56.9 Å². The predicted octanol–water partition coefficient (Wildman–Crippen LogP) is 4.02. The number of aliphatic imine (C=N–C) groups is 1. The van der Waals surface area contributed by atoms with Gasteiger partial charge in [-0.2, -0.15) is 0 Å². The average molecular weight is 488 g/mol. The number of benzene rings is 1. The van der Waals surface area contributed by atoms with Gasteiger partial charge in [-0.3, -0.25) is 19.9 Å². The van der Waals surface area contributed by atoms with Gasteiger partial charge in [0, 0.05) is 47.1 Å². The summed E-state index contributed by atoms with van der Waals surface area (Å²) >= 11 is 0. The lowest BCUT2D eigenvalue weighted by atomic mass is 9.99. The van der Waals surface area contributed by atoms with Crippen molar-refractivity contribution >= 4 is 23.5 Å². The van der Waals surface area contributed by atoms with E-state index in [2.05, 4.69) is 32.8 Å². The fraction of sp³-hybridized carbons (Fsp3) is 0.321. The fourth-order valence-corrected chi connectivity index (χ4v) is 3.92. The zero-order valence-corrected chi connectivity index (χ0v) is 20.8. The molecule has 2 aliphatic rings. The highest BCUT2D eigenvalue weighted by molar-refractivity contribution is 6.07. The van der Waals surface area contributed by atoms with Gasteiger partial charge in [0.25, 0.3) is 11.8 Å². The first-order chi connectivity index (χ1) is 17.4. The van der Waals surface area contributed by atoms with Gasteiger partial charge in [0.1, 0.15) is 0 Å². The minimum Gasteiger partial charge on any atom is -0.472 e. The molecule has 8 heteroatoms. The Balaban J connectivity index is 1.51. The van der Waals surface area contributed by atoms with E-state index in [9.17, 15) is 9.59 Å². The third-order valence-corrected chi connectivity index (χ3v) is 5.86. The van der Waals surface area contributed by atoms with Crippen LogP contribution in [0, 0.1) is 5.92 Å². The molecule has 1 saturated carbocycles. The zero-order chi connectivity index (χ0) is 25.5. The lowest BCUT2D eigenvalue weighted by molar-refractivity contribution is -0.115. The lowest BCUT2D eigenvalue weighted by Gasteiger charge is -2.16. The number of carbonyl (C=O) groups excluding carboxylic acids is 2. The molecule has 4 N–H and O–H groups in total. The molecule has 4 rings (SSSR count). The van der Waals surface area contributed by atoms with Gasteiger partial charge in [0.05, 0.1) is 19.1 Å². The largest absolute Gasteiger partial charge is 0.472 e. The van der Waals surface area contributed by atoms with Crippen molar-refractivity contribution in [2.45, 2.75) is 32.7 Å². The minimum atomic E-state index is -0.229. The Labute approximate surface area is 211 Å². The molecular formula is C28H33N5O3. The zero-order valence-electron chi connectivity index (χ0n) is 20.8. The third kappa shape index (κ3) is 6.53. The highest BCUT2D eigenvalue weighted by Crippen LogP contribution is 2.36. The van der Waals surface area contributed by atoms with Gasteiger partial charge in [0.15, 0.2) is 5.96 Å². The van der Waals surface area contributed by atoms with E-state index in [0.29, 0.717) is 36.1 Å². The van der Waals surface area contributed by atoms with Crippen LogP contribution in [0.1, 0.15) is 37.0 Å². The van der Waals surface area contributed by atoms with Crippen LogP contribution < -0.4 is 21.3 Å². The molecule has 1 aliphatic heterocycles. The molecule has 1 aromatic heterocycles. The molecule has 1 fully saturated rings. The van der Waals surface area contributed by atoms with Crippen LogP contribution in [-0.4, -0.2) is 43.5 Å². The van der Waals surface area contributed by atoms with Gasteiger partial charge >= 0.3 is 0 Å². The molecule has 2 aromatic rings. The second-order valence-corrected chi connectivity index (χ2v) is 9.21. The number of hydrogen-bond donors (Lipinski definition) is 4. The molecule has 0 atom stereocenters. The number of hydrogen-bond acceptors (Lipinski definition) is 6. The maximum Gasteiger partial charge on any atom is 0.257 e. The Kier molecular flexibility index (Phi) is 8.05. The smallest absolute Gasteiger partial charge is 0.257 e. The summed E-state index contributed by atoms with van der Waals surface area (Å²) in [6.45, 7) is 9.80. The van der Waals surface area contributed by atoms with Crippen molar-refractivity contribution < 1.29 is 14.0 Å². The molecule has 0 saturated heterocycles. The number of nitrogens with one attached hydrogen (secondary N) is 4. The molecule has 1 aliphatic carbocycles. The number of rotatable bonds is 10. The second-order valence-electron chi connectivity index (χ2n) is 9.21. The summed E-state index contributed by atoms with van der Waals surface area (Å²) in [5, 5.41) is 12.2. The summed E-state index contributed by atoms with van der Waals surface area (Å²) in [4.78, 5) is 30.0. The number of nitrogens with zero attached hydrogens (tertiary/aromatic N) is 1. The summed E-state index contributed by atoms with van der Waals surface area (Å²) in [7, 11) is 0. The molecule has 2 heterocycles.